The fourth-order valence-corrected chi connectivity index (χ4v) is 2.56. The van der Waals surface area contributed by atoms with Crippen LogP contribution in [0.2, 0.25) is 5.15 Å². The van der Waals surface area contributed by atoms with Gasteiger partial charge in [0.2, 0.25) is 0 Å². The number of rotatable bonds is 4. The lowest BCUT2D eigenvalue weighted by molar-refractivity contribution is 0.549. The third-order valence-electron chi connectivity index (χ3n) is 2.45. The molecule has 0 aliphatic carbocycles. The minimum Gasteiger partial charge on any atom is -0.322 e. The Morgan fingerprint density at radius 1 is 1.47 bits per heavy atom. The topological polar surface area (TPSA) is 48.5 Å². The molecule has 0 aromatic carbocycles. The monoisotopic (exact) mass is 271 g/mol. The Labute approximate surface area is 109 Å². The highest BCUT2D eigenvalue weighted by atomic mass is 35.5. The van der Waals surface area contributed by atoms with Crippen molar-refractivity contribution in [3.63, 3.8) is 0 Å². The van der Waals surface area contributed by atoms with Crippen LogP contribution in [0, 0.1) is 0 Å². The number of nitrogens with zero attached hydrogens (tertiary/aromatic N) is 5. The molecule has 0 aliphatic heterocycles. The summed E-state index contributed by atoms with van der Waals surface area (Å²) in [7, 11) is 1.90. The molecule has 0 radical (unpaired) electrons. The summed E-state index contributed by atoms with van der Waals surface area (Å²) in [6, 6.07) is 0.359. The normalized spacial score (nSPS) is 11.4. The molecule has 0 bridgehead atoms. The Bertz CT molecular complexity index is 505. The van der Waals surface area contributed by atoms with E-state index in [1.54, 1.807) is 24.3 Å². The third kappa shape index (κ3) is 2.63. The maximum atomic E-state index is 5.93. The molecular weight excluding hydrogens is 258 g/mol. The number of aromatic nitrogens is 5. The SMILES string of the molecule is CC(C)n1cnnc1SCc1ncc(Cl)n1C. The summed E-state index contributed by atoms with van der Waals surface area (Å²) in [6.07, 6.45) is 3.41. The van der Waals surface area contributed by atoms with Gasteiger partial charge in [0, 0.05) is 13.1 Å². The zero-order chi connectivity index (χ0) is 12.4. The maximum absolute atomic E-state index is 5.93. The van der Waals surface area contributed by atoms with E-state index < -0.39 is 0 Å². The molecule has 5 nitrogen and oxygen atoms in total. The minimum absolute atomic E-state index is 0.359. The molecule has 2 aromatic heterocycles. The Balaban J connectivity index is 2.07. The van der Waals surface area contributed by atoms with E-state index in [2.05, 4.69) is 29.0 Å². The molecule has 0 saturated carbocycles. The van der Waals surface area contributed by atoms with E-state index in [-0.39, 0.29) is 0 Å². The highest BCUT2D eigenvalue weighted by molar-refractivity contribution is 7.98. The first kappa shape index (κ1) is 12.4. The van der Waals surface area contributed by atoms with E-state index in [0.717, 1.165) is 16.7 Å². The lowest BCUT2D eigenvalue weighted by Crippen LogP contribution is -2.02. The number of thioether (sulfide) groups is 1. The van der Waals surface area contributed by atoms with Crippen LogP contribution in [0.4, 0.5) is 0 Å². The Morgan fingerprint density at radius 2 is 2.24 bits per heavy atom. The third-order valence-corrected chi connectivity index (χ3v) is 3.76. The van der Waals surface area contributed by atoms with Crippen LogP contribution in [0.5, 0.6) is 0 Å². The molecule has 2 aromatic rings. The highest BCUT2D eigenvalue weighted by Crippen LogP contribution is 2.23. The first-order valence-corrected chi connectivity index (χ1v) is 6.64. The Kier molecular flexibility index (Phi) is 3.73. The quantitative estimate of drug-likeness (QED) is 0.802. The van der Waals surface area contributed by atoms with E-state index in [4.69, 9.17) is 11.6 Å². The van der Waals surface area contributed by atoms with Crippen LogP contribution in [0.1, 0.15) is 25.7 Å². The van der Waals surface area contributed by atoms with Crippen molar-refractivity contribution in [2.45, 2.75) is 30.8 Å². The van der Waals surface area contributed by atoms with Gasteiger partial charge in [0.25, 0.3) is 0 Å². The zero-order valence-corrected chi connectivity index (χ0v) is 11.5. The van der Waals surface area contributed by atoms with Crippen LogP contribution >= 0.6 is 23.4 Å². The molecule has 0 aliphatic rings. The van der Waals surface area contributed by atoms with Gasteiger partial charge in [-0.05, 0) is 13.8 Å². The second kappa shape index (κ2) is 5.10. The van der Waals surface area contributed by atoms with E-state index >= 15 is 0 Å². The summed E-state index contributed by atoms with van der Waals surface area (Å²) >= 11 is 7.54. The number of hydrogen-bond acceptors (Lipinski definition) is 4. The van der Waals surface area contributed by atoms with Gasteiger partial charge in [0.1, 0.15) is 17.3 Å². The van der Waals surface area contributed by atoms with E-state index in [1.165, 1.54) is 0 Å². The van der Waals surface area contributed by atoms with Crippen molar-refractivity contribution in [1.29, 1.82) is 0 Å². The molecule has 0 atom stereocenters. The van der Waals surface area contributed by atoms with Gasteiger partial charge in [0.05, 0.1) is 11.9 Å². The molecule has 2 rings (SSSR count). The van der Waals surface area contributed by atoms with E-state index in [9.17, 15) is 0 Å². The summed E-state index contributed by atoms with van der Waals surface area (Å²) in [5, 5.41) is 9.56. The summed E-state index contributed by atoms with van der Waals surface area (Å²) in [5.41, 5.74) is 0. The van der Waals surface area contributed by atoms with Crippen molar-refractivity contribution in [2.75, 3.05) is 0 Å². The second-order valence-electron chi connectivity index (χ2n) is 3.96. The van der Waals surface area contributed by atoms with Crippen LogP contribution in [0.3, 0.4) is 0 Å². The van der Waals surface area contributed by atoms with Crippen LogP contribution in [-0.4, -0.2) is 24.3 Å². The molecule has 0 fully saturated rings. The predicted molar refractivity (Wildman–Crippen MR) is 68.2 cm³/mol. The molecule has 0 N–H and O–H groups in total. The number of hydrogen-bond donors (Lipinski definition) is 0. The van der Waals surface area contributed by atoms with Gasteiger partial charge in [-0.3, -0.25) is 0 Å². The average Bonchev–Trinajstić information content (AvgIpc) is 2.86. The van der Waals surface area contributed by atoms with E-state index in [1.807, 2.05) is 16.2 Å². The van der Waals surface area contributed by atoms with Gasteiger partial charge in [-0.25, -0.2) is 4.98 Å². The van der Waals surface area contributed by atoms with Crippen molar-refractivity contribution in [3.8, 4) is 0 Å². The van der Waals surface area contributed by atoms with Crippen LogP contribution in [0.15, 0.2) is 17.7 Å². The summed E-state index contributed by atoms with van der Waals surface area (Å²) < 4.78 is 3.90. The summed E-state index contributed by atoms with van der Waals surface area (Å²) in [4.78, 5) is 4.24. The number of imidazole rings is 1. The maximum Gasteiger partial charge on any atom is 0.191 e. The molecule has 92 valence electrons. The van der Waals surface area contributed by atoms with Gasteiger partial charge in [-0.2, -0.15) is 0 Å². The molecule has 0 amide bonds. The molecule has 0 unspecified atom stereocenters. The van der Waals surface area contributed by atoms with Gasteiger partial charge in [0.15, 0.2) is 5.16 Å². The smallest absolute Gasteiger partial charge is 0.191 e. The van der Waals surface area contributed by atoms with Crippen molar-refractivity contribution in [3.05, 3.63) is 23.5 Å². The highest BCUT2D eigenvalue weighted by Gasteiger charge is 2.10. The van der Waals surface area contributed by atoms with Gasteiger partial charge < -0.3 is 9.13 Å². The van der Waals surface area contributed by atoms with Gasteiger partial charge >= 0.3 is 0 Å². The standard InChI is InChI=1S/C10H14ClN5S/c1-7(2)16-6-13-14-10(16)17-5-9-12-4-8(11)15(9)3/h4,6-7H,5H2,1-3H3. The fraction of sp³-hybridized carbons (Fsp3) is 0.500. The second-order valence-corrected chi connectivity index (χ2v) is 5.29. The van der Waals surface area contributed by atoms with E-state index in [0.29, 0.717) is 11.2 Å². The first-order chi connectivity index (χ1) is 8.09. The van der Waals surface area contributed by atoms with Crippen LogP contribution in [0.25, 0.3) is 0 Å². The predicted octanol–water partition coefficient (Wildman–Crippen LogP) is 2.54. The molecule has 17 heavy (non-hydrogen) atoms. The fourth-order valence-electron chi connectivity index (χ4n) is 1.38. The van der Waals surface area contributed by atoms with Crippen LogP contribution < -0.4 is 0 Å². The van der Waals surface area contributed by atoms with Crippen molar-refractivity contribution >= 4 is 23.4 Å². The van der Waals surface area contributed by atoms with Crippen molar-refractivity contribution < 1.29 is 0 Å². The Morgan fingerprint density at radius 3 is 2.82 bits per heavy atom. The van der Waals surface area contributed by atoms with Gasteiger partial charge in [-0.1, -0.05) is 23.4 Å². The molecule has 0 saturated heterocycles. The summed E-state index contributed by atoms with van der Waals surface area (Å²) in [5.74, 6) is 1.66. The average molecular weight is 272 g/mol. The van der Waals surface area contributed by atoms with Gasteiger partial charge in [-0.15, -0.1) is 10.2 Å². The lowest BCUT2D eigenvalue weighted by Gasteiger charge is -2.09. The summed E-state index contributed by atoms with van der Waals surface area (Å²) in [6.45, 7) is 4.20. The number of halogens is 1. The largest absolute Gasteiger partial charge is 0.322 e. The lowest BCUT2D eigenvalue weighted by atomic mass is 10.4. The molecule has 2 heterocycles. The van der Waals surface area contributed by atoms with Crippen LogP contribution in [-0.2, 0) is 12.8 Å². The minimum atomic E-state index is 0.359. The van der Waals surface area contributed by atoms with Crippen molar-refractivity contribution in [2.24, 2.45) is 7.05 Å². The molecule has 0 spiro atoms. The molecular formula is C10H14ClN5S. The Hall–Kier alpha value is -1.01. The van der Waals surface area contributed by atoms with Crippen molar-refractivity contribution in [1.82, 2.24) is 24.3 Å². The zero-order valence-electron chi connectivity index (χ0n) is 9.96. The molecule has 7 heteroatoms. The first-order valence-electron chi connectivity index (χ1n) is 5.28.